The van der Waals surface area contributed by atoms with Crippen LogP contribution >= 0.6 is 0 Å². The molecule has 0 heterocycles. The van der Waals surface area contributed by atoms with Gasteiger partial charge in [-0.15, -0.1) is 0 Å². The highest BCUT2D eigenvalue weighted by Gasteiger charge is 2.31. The molecule has 0 radical (unpaired) electrons. The Balaban J connectivity index is 2.12. The molecular formula is C17H23NO3. The lowest BCUT2D eigenvalue weighted by Gasteiger charge is -2.28. The zero-order valence-corrected chi connectivity index (χ0v) is 12.7. The molecule has 114 valence electrons. The lowest BCUT2D eigenvalue weighted by atomic mass is 9.83. The van der Waals surface area contributed by atoms with Gasteiger partial charge in [0.15, 0.2) is 0 Å². The summed E-state index contributed by atoms with van der Waals surface area (Å²) in [7, 11) is 0. The summed E-state index contributed by atoms with van der Waals surface area (Å²) in [6.07, 6.45) is 5.02. The second-order valence-electron chi connectivity index (χ2n) is 6.01. The van der Waals surface area contributed by atoms with Gasteiger partial charge >= 0.3 is 5.97 Å². The fourth-order valence-electron chi connectivity index (χ4n) is 3.14. The van der Waals surface area contributed by atoms with Gasteiger partial charge in [-0.3, -0.25) is 4.79 Å². The first kappa shape index (κ1) is 15.5. The molecule has 0 aliphatic heterocycles. The maximum absolute atomic E-state index is 12.4. The normalized spacial score (nSPS) is 17.2. The summed E-state index contributed by atoms with van der Waals surface area (Å²) < 4.78 is 0. The predicted octanol–water partition coefficient (Wildman–Crippen LogP) is 3.07. The minimum absolute atomic E-state index is 0.0472. The number of carboxylic acids is 1. The third-order valence-corrected chi connectivity index (χ3v) is 4.30. The van der Waals surface area contributed by atoms with Crippen LogP contribution in [0, 0.1) is 19.8 Å². The van der Waals surface area contributed by atoms with Crippen LogP contribution in [-0.2, 0) is 4.79 Å². The molecular weight excluding hydrogens is 266 g/mol. The van der Waals surface area contributed by atoms with Crippen LogP contribution in [0.2, 0.25) is 0 Å². The molecule has 4 nitrogen and oxygen atoms in total. The quantitative estimate of drug-likeness (QED) is 0.895. The maximum atomic E-state index is 12.4. The first-order valence-corrected chi connectivity index (χ1v) is 7.60. The fraction of sp³-hybridized carbons (Fsp3) is 0.529. The lowest BCUT2D eigenvalue weighted by molar-refractivity contribution is -0.141. The largest absolute Gasteiger partial charge is 0.480 e. The standard InChI is InChI=1S/C17H23NO3/c1-11-8-9-14(12(2)10-11)16(19)18-15(17(20)21)13-6-4-3-5-7-13/h8-10,13,15H,3-7H2,1-2H3,(H,18,19)(H,20,21). The van der Waals surface area contributed by atoms with E-state index in [4.69, 9.17) is 0 Å². The number of aryl methyl sites for hydroxylation is 2. The van der Waals surface area contributed by atoms with Crippen LogP contribution in [0.1, 0.15) is 53.6 Å². The number of aliphatic carboxylic acids is 1. The van der Waals surface area contributed by atoms with Crippen molar-refractivity contribution in [3.05, 3.63) is 34.9 Å². The zero-order chi connectivity index (χ0) is 15.4. The highest BCUT2D eigenvalue weighted by Crippen LogP contribution is 2.27. The summed E-state index contributed by atoms with van der Waals surface area (Å²) in [5, 5.41) is 12.1. The number of hydrogen-bond acceptors (Lipinski definition) is 2. The van der Waals surface area contributed by atoms with Crippen molar-refractivity contribution < 1.29 is 14.7 Å². The Morgan fingerprint density at radius 2 is 1.86 bits per heavy atom. The summed E-state index contributed by atoms with van der Waals surface area (Å²) in [6, 6.07) is 4.79. The summed E-state index contributed by atoms with van der Waals surface area (Å²) in [5.41, 5.74) is 2.52. The maximum Gasteiger partial charge on any atom is 0.326 e. The summed E-state index contributed by atoms with van der Waals surface area (Å²) in [5.74, 6) is -1.17. The monoisotopic (exact) mass is 289 g/mol. The number of nitrogens with one attached hydrogen (secondary N) is 1. The molecule has 0 spiro atoms. The lowest BCUT2D eigenvalue weighted by Crippen LogP contribution is -2.46. The Bertz CT molecular complexity index is 533. The van der Waals surface area contributed by atoms with Gasteiger partial charge < -0.3 is 10.4 Å². The molecule has 1 atom stereocenters. The molecule has 2 rings (SSSR count). The highest BCUT2D eigenvalue weighted by atomic mass is 16.4. The van der Waals surface area contributed by atoms with Crippen molar-refractivity contribution in [3.8, 4) is 0 Å². The molecule has 1 amide bonds. The van der Waals surface area contributed by atoms with Crippen LogP contribution in [0.4, 0.5) is 0 Å². The third kappa shape index (κ3) is 3.84. The van der Waals surface area contributed by atoms with E-state index in [0.717, 1.165) is 43.2 Å². The number of carboxylic acid groups (broad SMARTS) is 1. The van der Waals surface area contributed by atoms with E-state index in [9.17, 15) is 14.7 Å². The topological polar surface area (TPSA) is 66.4 Å². The molecule has 1 fully saturated rings. The molecule has 1 aromatic carbocycles. The van der Waals surface area contributed by atoms with Gasteiger partial charge in [0.1, 0.15) is 6.04 Å². The number of amides is 1. The highest BCUT2D eigenvalue weighted by molar-refractivity contribution is 5.97. The first-order valence-electron chi connectivity index (χ1n) is 7.60. The van der Waals surface area contributed by atoms with Crippen molar-refractivity contribution in [2.45, 2.75) is 52.0 Å². The van der Waals surface area contributed by atoms with Gasteiger partial charge in [0.25, 0.3) is 5.91 Å². The van der Waals surface area contributed by atoms with E-state index >= 15 is 0 Å². The second kappa shape index (κ2) is 6.74. The van der Waals surface area contributed by atoms with E-state index in [1.807, 2.05) is 26.0 Å². The SMILES string of the molecule is Cc1ccc(C(=O)NC(C(=O)O)C2CCCCC2)c(C)c1. The summed E-state index contributed by atoms with van der Waals surface area (Å²) in [6.45, 7) is 3.84. The van der Waals surface area contributed by atoms with E-state index in [-0.39, 0.29) is 11.8 Å². The molecule has 1 aromatic rings. The number of benzene rings is 1. The third-order valence-electron chi connectivity index (χ3n) is 4.30. The molecule has 2 N–H and O–H groups in total. The number of carbonyl (C=O) groups is 2. The average Bonchev–Trinajstić information content (AvgIpc) is 2.45. The molecule has 0 aromatic heterocycles. The van der Waals surface area contributed by atoms with Crippen molar-refractivity contribution in [1.29, 1.82) is 0 Å². The zero-order valence-electron chi connectivity index (χ0n) is 12.7. The Morgan fingerprint density at radius 1 is 1.19 bits per heavy atom. The molecule has 0 saturated heterocycles. The Morgan fingerprint density at radius 3 is 2.43 bits per heavy atom. The van der Waals surface area contributed by atoms with Crippen molar-refractivity contribution in [2.24, 2.45) is 5.92 Å². The number of rotatable bonds is 4. The average molecular weight is 289 g/mol. The van der Waals surface area contributed by atoms with E-state index in [2.05, 4.69) is 5.32 Å². The van der Waals surface area contributed by atoms with E-state index < -0.39 is 12.0 Å². The summed E-state index contributed by atoms with van der Waals surface area (Å²) in [4.78, 5) is 23.8. The van der Waals surface area contributed by atoms with E-state index in [0.29, 0.717) is 5.56 Å². The minimum atomic E-state index is -0.931. The minimum Gasteiger partial charge on any atom is -0.480 e. The van der Waals surface area contributed by atoms with Gasteiger partial charge in [0, 0.05) is 5.56 Å². The van der Waals surface area contributed by atoms with Gasteiger partial charge in [-0.1, -0.05) is 37.0 Å². The van der Waals surface area contributed by atoms with Crippen molar-refractivity contribution in [2.75, 3.05) is 0 Å². The van der Waals surface area contributed by atoms with Gasteiger partial charge in [-0.2, -0.15) is 0 Å². The van der Waals surface area contributed by atoms with E-state index in [1.54, 1.807) is 6.07 Å². The Kier molecular flexibility index (Phi) is 4.99. The predicted molar refractivity (Wildman–Crippen MR) is 81.4 cm³/mol. The first-order chi connectivity index (χ1) is 9.99. The van der Waals surface area contributed by atoms with Crippen LogP contribution in [0.3, 0.4) is 0 Å². The van der Waals surface area contributed by atoms with Crippen LogP contribution in [0.25, 0.3) is 0 Å². The molecule has 1 unspecified atom stereocenters. The molecule has 4 heteroatoms. The van der Waals surface area contributed by atoms with Crippen LogP contribution in [0.5, 0.6) is 0 Å². The van der Waals surface area contributed by atoms with Gasteiger partial charge in [-0.05, 0) is 44.2 Å². The van der Waals surface area contributed by atoms with Crippen molar-refractivity contribution in [3.63, 3.8) is 0 Å². The van der Waals surface area contributed by atoms with Crippen LogP contribution < -0.4 is 5.32 Å². The Labute approximate surface area is 125 Å². The molecule has 1 aliphatic rings. The van der Waals surface area contributed by atoms with Crippen molar-refractivity contribution >= 4 is 11.9 Å². The number of carbonyl (C=O) groups excluding carboxylic acids is 1. The smallest absolute Gasteiger partial charge is 0.326 e. The van der Waals surface area contributed by atoms with Crippen LogP contribution in [0.15, 0.2) is 18.2 Å². The number of hydrogen-bond donors (Lipinski definition) is 2. The molecule has 0 bridgehead atoms. The van der Waals surface area contributed by atoms with Gasteiger partial charge in [0.2, 0.25) is 0 Å². The Hall–Kier alpha value is -1.84. The van der Waals surface area contributed by atoms with Gasteiger partial charge in [-0.25, -0.2) is 4.79 Å². The van der Waals surface area contributed by atoms with Gasteiger partial charge in [0.05, 0.1) is 0 Å². The molecule has 1 aliphatic carbocycles. The van der Waals surface area contributed by atoms with Crippen LogP contribution in [-0.4, -0.2) is 23.0 Å². The molecule has 1 saturated carbocycles. The fourth-order valence-corrected chi connectivity index (χ4v) is 3.14. The van der Waals surface area contributed by atoms with E-state index in [1.165, 1.54) is 0 Å². The van der Waals surface area contributed by atoms with Crippen molar-refractivity contribution in [1.82, 2.24) is 5.32 Å². The second-order valence-corrected chi connectivity index (χ2v) is 6.01. The summed E-state index contributed by atoms with van der Waals surface area (Å²) >= 11 is 0. The molecule has 21 heavy (non-hydrogen) atoms.